The number of hydrogen-bond donors (Lipinski definition) is 0. The molecule has 2 aromatic carbocycles. The van der Waals surface area contributed by atoms with Crippen LogP contribution < -0.4 is 18.9 Å². The fraction of sp³-hybridized carbons (Fsp3) is 0.350. The highest BCUT2D eigenvalue weighted by atomic mass is 16.5. The number of ketones is 1. The van der Waals surface area contributed by atoms with Crippen molar-refractivity contribution in [2.24, 2.45) is 0 Å². The number of carbonyl (C=O) groups excluding carboxylic acids is 1. The van der Waals surface area contributed by atoms with Crippen molar-refractivity contribution < 1.29 is 23.7 Å². The van der Waals surface area contributed by atoms with Gasteiger partial charge in [-0.2, -0.15) is 0 Å². The summed E-state index contributed by atoms with van der Waals surface area (Å²) < 4.78 is 21.4. The standard InChI is InChI=1S/C20H24O5/c1-6-25-20-9-13(2)15(12-19(20)24-5)16(21)10-14-7-8-17(22-3)18(11-14)23-4/h7-9,11-12H,6,10H2,1-5H3. The summed E-state index contributed by atoms with van der Waals surface area (Å²) in [5.74, 6) is 2.45. The van der Waals surface area contributed by atoms with Crippen molar-refractivity contribution in [3.8, 4) is 23.0 Å². The lowest BCUT2D eigenvalue weighted by Crippen LogP contribution is -2.07. The quantitative estimate of drug-likeness (QED) is 0.681. The minimum atomic E-state index is 0.00562. The SMILES string of the molecule is CCOc1cc(C)c(C(=O)Cc2ccc(OC)c(OC)c2)cc1OC. The summed E-state index contributed by atoms with van der Waals surface area (Å²) in [7, 11) is 4.72. The summed E-state index contributed by atoms with van der Waals surface area (Å²) >= 11 is 0. The van der Waals surface area contributed by atoms with Crippen LogP contribution in [0.1, 0.15) is 28.4 Å². The maximum atomic E-state index is 12.8. The molecule has 134 valence electrons. The van der Waals surface area contributed by atoms with E-state index in [0.29, 0.717) is 35.2 Å². The molecule has 0 N–H and O–H groups in total. The molecular weight excluding hydrogens is 320 g/mol. The van der Waals surface area contributed by atoms with Crippen LogP contribution >= 0.6 is 0 Å². The highest BCUT2D eigenvalue weighted by molar-refractivity contribution is 5.99. The lowest BCUT2D eigenvalue weighted by Gasteiger charge is -2.14. The number of Topliss-reactive ketones (excluding diaryl/α,β-unsaturated/α-hetero) is 1. The molecule has 0 atom stereocenters. The Morgan fingerprint density at radius 2 is 1.52 bits per heavy atom. The topological polar surface area (TPSA) is 54.0 Å². The number of aryl methyl sites for hydroxylation is 1. The van der Waals surface area contributed by atoms with Gasteiger partial charge in [0.25, 0.3) is 0 Å². The Hall–Kier alpha value is -2.69. The second-order valence-corrected chi connectivity index (χ2v) is 5.54. The molecule has 5 heteroatoms. The van der Waals surface area contributed by atoms with Crippen molar-refractivity contribution in [3.63, 3.8) is 0 Å². The van der Waals surface area contributed by atoms with Crippen LogP contribution in [0.5, 0.6) is 23.0 Å². The Bertz CT molecular complexity index is 752. The number of hydrogen-bond acceptors (Lipinski definition) is 5. The van der Waals surface area contributed by atoms with Gasteiger partial charge in [0.05, 0.1) is 27.9 Å². The van der Waals surface area contributed by atoms with Gasteiger partial charge < -0.3 is 18.9 Å². The smallest absolute Gasteiger partial charge is 0.167 e. The fourth-order valence-corrected chi connectivity index (χ4v) is 2.66. The Morgan fingerprint density at radius 1 is 0.880 bits per heavy atom. The highest BCUT2D eigenvalue weighted by Gasteiger charge is 2.16. The van der Waals surface area contributed by atoms with E-state index < -0.39 is 0 Å². The van der Waals surface area contributed by atoms with Crippen LogP contribution in [0, 0.1) is 6.92 Å². The van der Waals surface area contributed by atoms with E-state index in [-0.39, 0.29) is 12.2 Å². The van der Waals surface area contributed by atoms with Gasteiger partial charge in [0.15, 0.2) is 28.8 Å². The molecule has 2 rings (SSSR count). The summed E-state index contributed by atoms with van der Waals surface area (Å²) in [4.78, 5) is 12.8. The third-order valence-electron chi connectivity index (χ3n) is 3.92. The molecule has 0 aliphatic heterocycles. The molecule has 0 bridgehead atoms. The van der Waals surface area contributed by atoms with Crippen LogP contribution in [0.4, 0.5) is 0 Å². The Balaban J connectivity index is 2.29. The van der Waals surface area contributed by atoms with Crippen molar-refractivity contribution in [2.75, 3.05) is 27.9 Å². The molecule has 0 aliphatic carbocycles. The van der Waals surface area contributed by atoms with Crippen LogP contribution in [0.15, 0.2) is 30.3 Å². The van der Waals surface area contributed by atoms with Crippen LogP contribution in [0.3, 0.4) is 0 Å². The molecule has 0 amide bonds. The van der Waals surface area contributed by atoms with Gasteiger partial charge >= 0.3 is 0 Å². The van der Waals surface area contributed by atoms with Gasteiger partial charge in [-0.1, -0.05) is 6.07 Å². The van der Waals surface area contributed by atoms with E-state index in [9.17, 15) is 4.79 Å². The molecule has 0 saturated carbocycles. The zero-order valence-corrected chi connectivity index (χ0v) is 15.3. The molecule has 2 aromatic rings. The zero-order chi connectivity index (χ0) is 18.4. The van der Waals surface area contributed by atoms with E-state index in [1.54, 1.807) is 33.5 Å². The number of methoxy groups -OCH3 is 3. The van der Waals surface area contributed by atoms with Crippen LogP contribution in [0.25, 0.3) is 0 Å². The third kappa shape index (κ3) is 4.24. The molecule has 0 fully saturated rings. The first-order chi connectivity index (χ1) is 12.0. The maximum Gasteiger partial charge on any atom is 0.167 e. The summed E-state index contributed by atoms with van der Waals surface area (Å²) in [5, 5.41) is 0. The Kier molecular flexibility index (Phi) is 6.28. The molecule has 25 heavy (non-hydrogen) atoms. The van der Waals surface area contributed by atoms with Gasteiger partial charge in [-0.05, 0) is 49.2 Å². The highest BCUT2D eigenvalue weighted by Crippen LogP contribution is 2.32. The minimum Gasteiger partial charge on any atom is -0.493 e. The Labute approximate surface area is 148 Å². The summed E-state index contributed by atoms with van der Waals surface area (Å²) in [6.45, 7) is 4.34. The molecule has 0 heterocycles. The van der Waals surface area contributed by atoms with Gasteiger partial charge in [0, 0.05) is 12.0 Å². The minimum absolute atomic E-state index is 0.00562. The van der Waals surface area contributed by atoms with Gasteiger partial charge in [-0.15, -0.1) is 0 Å². The van der Waals surface area contributed by atoms with E-state index in [0.717, 1.165) is 11.1 Å². The fourth-order valence-electron chi connectivity index (χ4n) is 2.66. The van der Waals surface area contributed by atoms with E-state index in [2.05, 4.69) is 0 Å². The number of ether oxygens (including phenoxy) is 4. The van der Waals surface area contributed by atoms with E-state index in [4.69, 9.17) is 18.9 Å². The first-order valence-corrected chi connectivity index (χ1v) is 8.09. The molecule has 5 nitrogen and oxygen atoms in total. The van der Waals surface area contributed by atoms with Crippen LogP contribution in [0.2, 0.25) is 0 Å². The van der Waals surface area contributed by atoms with Gasteiger partial charge in [0.2, 0.25) is 0 Å². The second-order valence-electron chi connectivity index (χ2n) is 5.54. The molecular formula is C20H24O5. The zero-order valence-electron chi connectivity index (χ0n) is 15.3. The largest absolute Gasteiger partial charge is 0.493 e. The van der Waals surface area contributed by atoms with E-state index in [1.807, 2.05) is 32.0 Å². The van der Waals surface area contributed by atoms with Gasteiger partial charge in [-0.3, -0.25) is 4.79 Å². The maximum absolute atomic E-state index is 12.8. The monoisotopic (exact) mass is 344 g/mol. The number of benzene rings is 2. The van der Waals surface area contributed by atoms with Crippen molar-refractivity contribution in [3.05, 3.63) is 47.0 Å². The molecule has 0 aliphatic rings. The molecule has 0 unspecified atom stereocenters. The molecule has 0 radical (unpaired) electrons. The van der Waals surface area contributed by atoms with E-state index in [1.165, 1.54) is 0 Å². The van der Waals surface area contributed by atoms with Crippen LogP contribution in [-0.2, 0) is 6.42 Å². The summed E-state index contributed by atoms with van der Waals surface area (Å²) in [6, 6.07) is 9.05. The van der Waals surface area contributed by atoms with Crippen molar-refractivity contribution in [1.29, 1.82) is 0 Å². The first kappa shape index (κ1) is 18.6. The van der Waals surface area contributed by atoms with Crippen molar-refractivity contribution in [2.45, 2.75) is 20.3 Å². The Morgan fingerprint density at radius 3 is 2.12 bits per heavy atom. The van der Waals surface area contributed by atoms with Gasteiger partial charge in [0.1, 0.15) is 0 Å². The normalized spacial score (nSPS) is 10.3. The predicted octanol–water partition coefficient (Wildman–Crippen LogP) is 3.84. The summed E-state index contributed by atoms with van der Waals surface area (Å²) in [5.41, 5.74) is 2.33. The average molecular weight is 344 g/mol. The average Bonchev–Trinajstić information content (AvgIpc) is 2.62. The molecule has 0 spiro atoms. The lowest BCUT2D eigenvalue weighted by atomic mass is 9.98. The first-order valence-electron chi connectivity index (χ1n) is 8.09. The molecule has 0 aromatic heterocycles. The van der Waals surface area contributed by atoms with Crippen molar-refractivity contribution in [1.82, 2.24) is 0 Å². The van der Waals surface area contributed by atoms with Gasteiger partial charge in [-0.25, -0.2) is 0 Å². The number of carbonyl (C=O) groups is 1. The van der Waals surface area contributed by atoms with E-state index >= 15 is 0 Å². The third-order valence-corrected chi connectivity index (χ3v) is 3.92. The number of rotatable bonds is 8. The van der Waals surface area contributed by atoms with Crippen LogP contribution in [-0.4, -0.2) is 33.7 Å². The lowest BCUT2D eigenvalue weighted by molar-refractivity contribution is 0.0992. The summed E-state index contributed by atoms with van der Waals surface area (Å²) in [6.07, 6.45) is 0.262. The van der Waals surface area contributed by atoms with Crippen molar-refractivity contribution >= 4 is 5.78 Å². The second kappa shape index (κ2) is 8.42. The predicted molar refractivity (Wildman–Crippen MR) is 96.5 cm³/mol. The molecule has 0 saturated heterocycles.